The third-order valence-corrected chi connectivity index (χ3v) is 3.80. The average Bonchev–Trinajstić information content (AvgIpc) is 2.60. The van der Waals surface area contributed by atoms with Gasteiger partial charge in [-0.05, 0) is 53.5 Å². The number of hydrogen-bond donors (Lipinski definition) is 2. The lowest BCUT2D eigenvalue weighted by atomic mass is 10.0. The smallest absolute Gasteiger partial charge is 0.269 e. The fraction of sp³-hybridized carbons (Fsp3) is 0.158. The number of para-hydroxylation sites is 1. The summed E-state index contributed by atoms with van der Waals surface area (Å²) in [6, 6.07) is 13.7. The van der Waals surface area contributed by atoms with Gasteiger partial charge in [-0.25, -0.2) is 0 Å². The van der Waals surface area contributed by atoms with Gasteiger partial charge in [-0.15, -0.1) is 0 Å². The van der Waals surface area contributed by atoms with Crippen molar-refractivity contribution >= 4 is 40.7 Å². The maximum absolute atomic E-state index is 12.0. The van der Waals surface area contributed by atoms with Crippen LogP contribution in [0.2, 0.25) is 0 Å². The largest absolute Gasteiger partial charge is 0.332 e. The summed E-state index contributed by atoms with van der Waals surface area (Å²) in [7, 11) is 0. The number of anilines is 1. The highest BCUT2D eigenvalue weighted by Gasteiger charge is 2.08. The normalized spacial score (nSPS) is 10.7. The molecular formula is C19H19N3O3S. The lowest BCUT2D eigenvalue weighted by Gasteiger charge is -2.15. The van der Waals surface area contributed by atoms with Crippen molar-refractivity contribution in [3.8, 4) is 0 Å². The topological polar surface area (TPSA) is 84.3 Å². The van der Waals surface area contributed by atoms with Crippen molar-refractivity contribution in [3.05, 3.63) is 75.8 Å². The van der Waals surface area contributed by atoms with Crippen LogP contribution >= 0.6 is 12.2 Å². The van der Waals surface area contributed by atoms with Gasteiger partial charge in [0.15, 0.2) is 5.11 Å². The molecule has 0 aromatic heterocycles. The van der Waals surface area contributed by atoms with Crippen molar-refractivity contribution in [1.29, 1.82) is 0 Å². The van der Waals surface area contributed by atoms with Crippen molar-refractivity contribution in [1.82, 2.24) is 5.32 Å². The molecule has 0 unspecified atom stereocenters. The number of carbonyl (C=O) groups excluding carboxylic acids is 1. The molecule has 7 heteroatoms. The predicted octanol–water partition coefficient (Wildman–Crippen LogP) is 4.24. The number of carbonyl (C=O) groups is 1. The first-order chi connectivity index (χ1) is 12.4. The Bertz CT molecular complexity index is 845. The number of nitrogens with zero attached hydrogens (tertiary/aromatic N) is 1. The van der Waals surface area contributed by atoms with Gasteiger partial charge in [0.1, 0.15) is 0 Å². The van der Waals surface area contributed by atoms with Gasteiger partial charge in [0.05, 0.1) is 4.92 Å². The second-order valence-corrected chi connectivity index (χ2v) is 6.28. The van der Waals surface area contributed by atoms with Gasteiger partial charge < -0.3 is 5.32 Å². The Hall–Kier alpha value is -3.06. The van der Waals surface area contributed by atoms with Crippen LogP contribution in [0.5, 0.6) is 0 Å². The van der Waals surface area contributed by atoms with E-state index in [1.54, 1.807) is 18.2 Å². The van der Waals surface area contributed by atoms with E-state index in [0.29, 0.717) is 11.5 Å². The molecule has 0 fully saturated rings. The zero-order valence-electron chi connectivity index (χ0n) is 14.4. The zero-order valence-corrected chi connectivity index (χ0v) is 15.2. The predicted molar refractivity (Wildman–Crippen MR) is 107 cm³/mol. The standard InChI is InChI=1S/C19H19N3O3S/c1-13(2)16-5-3-4-6-17(16)20-19(26)21-18(23)12-9-14-7-10-15(11-8-14)22(24)25/h3-13H,1-2H3,(H2,20,21,23,26)/b12-9+. The van der Waals surface area contributed by atoms with Gasteiger partial charge in [-0.2, -0.15) is 0 Å². The number of thiocarbonyl (C=S) groups is 1. The molecule has 2 aromatic rings. The van der Waals surface area contributed by atoms with E-state index < -0.39 is 4.92 Å². The van der Waals surface area contributed by atoms with Crippen molar-refractivity contribution < 1.29 is 9.72 Å². The number of rotatable bonds is 5. The van der Waals surface area contributed by atoms with Crippen molar-refractivity contribution in [2.75, 3.05) is 5.32 Å². The van der Waals surface area contributed by atoms with Gasteiger partial charge in [-0.3, -0.25) is 20.2 Å². The second kappa shape index (κ2) is 8.87. The summed E-state index contributed by atoms with van der Waals surface area (Å²) in [4.78, 5) is 22.1. The van der Waals surface area contributed by atoms with Gasteiger partial charge in [0, 0.05) is 23.9 Å². The van der Waals surface area contributed by atoms with E-state index in [1.807, 2.05) is 24.3 Å². The Kier molecular flexibility index (Phi) is 6.57. The van der Waals surface area contributed by atoms with Crippen LogP contribution in [0.4, 0.5) is 11.4 Å². The van der Waals surface area contributed by atoms with Crippen molar-refractivity contribution in [2.24, 2.45) is 0 Å². The molecule has 134 valence electrons. The minimum absolute atomic E-state index is 0.000738. The molecule has 0 bridgehead atoms. The van der Waals surface area contributed by atoms with Gasteiger partial charge in [-0.1, -0.05) is 32.0 Å². The molecule has 0 atom stereocenters. The van der Waals surface area contributed by atoms with E-state index in [2.05, 4.69) is 24.5 Å². The molecule has 0 aliphatic heterocycles. The van der Waals surface area contributed by atoms with E-state index in [1.165, 1.54) is 18.2 Å². The summed E-state index contributed by atoms with van der Waals surface area (Å²) in [5.41, 5.74) is 2.63. The fourth-order valence-electron chi connectivity index (χ4n) is 2.30. The summed E-state index contributed by atoms with van der Waals surface area (Å²) >= 11 is 5.18. The molecule has 0 aliphatic carbocycles. The Balaban J connectivity index is 1.95. The number of nitrogens with one attached hydrogen (secondary N) is 2. The maximum Gasteiger partial charge on any atom is 0.269 e. The fourth-order valence-corrected chi connectivity index (χ4v) is 2.51. The molecule has 2 N–H and O–H groups in total. The van der Waals surface area contributed by atoms with Crippen molar-refractivity contribution in [2.45, 2.75) is 19.8 Å². The van der Waals surface area contributed by atoms with Crippen LogP contribution < -0.4 is 10.6 Å². The quantitative estimate of drug-likeness (QED) is 0.356. The minimum Gasteiger partial charge on any atom is -0.332 e. The number of benzene rings is 2. The number of nitro groups is 1. The third-order valence-electron chi connectivity index (χ3n) is 3.60. The Labute approximate surface area is 157 Å². The highest BCUT2D eigenvalue weighted by atomic mass is 32.1. The minimum atomic E-state index is -0.473. The molecular weight excluding hydrogens is 350 g/mol. The Morgan fingerprint density at radius 2 is 1.81 bits per heavy atom. The molecule has 0 spiro atoms. The zero-order chi connectivity index (χ0) is 19.1. The molecule has 1 amide bonds. The number of hydrogen-bond acceptors (Lipinski definition) is 4. The highest BCUT2D eigenvalue weighted by Crippen LogP contribution is 2.23. The van der Waals surface area contributed by atoms with Crippen molar-refractivity contribution in [3.63, 3.8) is 0 Å². The third kappa shape index (κ3) is 5.49. The first-order valence-electron chi connectivity index (χ1n) is 8.00. The molecule has 0 saturated carbocycles. The lowest BCUT2D eigenvalue weighted by Crippen LogP contribution is -2.33. The Morgan fingerprint density at radius 1 is 1.15 bits per heavy atom. The average molecular weight is 369 g/mol. The van der Waals surface area contributed by atoms with Gasteiger partial charge in [0.25, 0.3) is 5.69 Å². The highest BCUT2D eigenvalue weighted by molar-refractivity contribution is 7.80. The van der Waals surface area contributed by atoms with E-state index >= 15 is 0 Å². The van der Waals surface area contributed by atoms with Crippen LogP contribution in [0.15, 0.2) is 54.6 Å². The van der Waals surface area contributed by atoms with Crippen LogP contribution in [0.1, 0.15) is 30.9 Å². The molecule has 2 rings (SSSR count). The second-order valence-electron chi connectivity index (χ2n) is 5.87. The molecule has 0 aliphatic rings. The van der Waals surface area contributed by atoms with E-state index in [0.717, 1.165) is 11.3 Å². The number of nitro benzene ring substituents is 1. The van der Waals surface area contributed by atoms with Crippen LogP contribution in [-0.4, -0.2) is 15.9 Å². The molecule has 0 saturated heterocycles. The van der Waals surface area contributed by atoms with Gasteiger partial charge >= 0.3 is 0 Å². The number of amides is 1. The summed E-state index contributed by atoms with van der Waals surface area (Å²) in [6.07, 6.45) is 2.88. The van der Waals surface area contributed by atoms with E-state index in [-0.39, 0.29) is 16.7 Å². The van der Waals surface area contributed by atoms with Crippen LogP contribution in [0.3, 0.4) is 0 Å². The van der Waals surface area contributed by atoms with E-state index in [9.17, 15) is 14.9 Å². The van der Waals surface area contributed by atoms with E-state index in [4.69, 9.17) is 12.2 Å². The molecule has 6 nitrogen and oxygen atoms in total. The SMILES string of the molecule is CC(C)c1ccccc1NC(=S)NC(=O)/C=C/c1ccc([N+](=O)[O-])cc1. The first-order valence-corrected chi connectivity index (χ1v) is 8.41. The van der Waals surface area contributed by atoms with Gasteiger partial charge in [0.2, 0.25) is 5.91 Å². The summed E-state index contributed by atoms with van der Waals surface area (Å²) in [5, 5.41) is 16.4. The van der Waals surface area contributed by atoms with Crippen LogP contribution in [-0.2, 0) is 4.79 Å². The number of non-ortho nitro benzene ring substituents is 1. The summed E-state index contributed by atoms with van der Waals surface area (Å²) in [6.45, 7) is 4.16. The molecule has 26 heavy (non-hydrogen) atoms. The molecule has 2 aromatic carbocycles. The summed E-state index contributed by atoms with van der Waals surface area (Å²) in [5.74, 6) is -0.0675. The lowest BCUT2D eigenvalue weighted by molar-refractivity contribution is -0.384. The Morgan fingerprint density at radius 3 is 2.42 bits per heavy atom. The monoisotopic (exact) mass is 369 g/mol. The van der Waals surface area contributed by atoms with Crippen LogP contribution in [0.25, 0.3) is 6.08 Å². The first kappa shape index (κ1) is 19.3. The maximum atomic E-state index is 12.0. The molecule has 0 heterocycles. The van der Waals surface area contributed by atoms with Crippen LogP contribution in [0, 0.1) is 10.1 Å². The molecule has 0 radical (unpaired) electrons. The summed E-state index contributed by atoms with van der Waals surface area (Å²) < 4.78 is 0.